The average Bonchev–Trinajstić information content (AvgIpc) is 2.80. The summed E-state index contributed by atoms with van der Waals surface area (Å²) in [6, 6.07) is 3.74. The molecule has 88 valence electrons. The predicted molar refractivity (Wildman–Crippen MR) is 70.4 cm³/mol. The fourth-order valence-electron chi connectivity index (χ4n) is 1.84. The molecule has 1 atom stereocenters. The molecule has 5 nitrogen and oxygen atoms in total. The van der Waals surface area contributed by atoms with Crippen molar-refractivity contribution in [3.8, 4) is 0 Å². The van der Waals surface area contributed by atoms with Crippen LogP contribution < -0.4 is 4.90 Å². The van der Waals surface area contributed by atoms with Gasteiger partial charge in [0.1, 0.15) is 0 Å². The van der Waals surface area contributed by atoms with E-state index in [0.29, 0.717) is 18.9 Å². The highest BCUT2D eigenvalue weighted by molar-refractivity contribution is 9.10. The van der Waals surface area contributed by atoms with E-state index in [1.54, 1.807) is 9.42 Å². The summed E-state index contributed by atoms with van der Waals surface area (Å²) < 4.78 is 2.57. The van der Waals surface area contributed by atoms with E-state index in [1.807, 2.05) is 18.3 Å². The van der Waals surface area contributed by atoms with E-state index >= 15 is 0 Å². The maximum atomic E-state index is 11.7. The molecular weight excluding hydrogens is 304 g/mol. The number of thiol groups is 1. The van der Waals surface area contributed by atoms with Crippen molar-refractivity contribution >= 4 is 46.1 Å². The van der Waals surface area contributed by atoms with Crippen LogP contribution in [0, 0.1) is 0 Å². The van der Waals surface area contributed by atoms with Gasteiger partial charge in [0.2, 0.25) is 5.91 Å². The first kappa shape index (κ1) is 11.0. The Bertz CT molecular complexity index is 599. The van der Waals surface area contributed by atoms with Gasteiger partial charge in [-0.15, -0.1) is 5.10 Å². The number of carbonyl (C=O) groups is 1. The van der Waals surface area contributed by atoms with Gasteiger partial charge in [0.05, 0.1) is 0 Å². The number of anilines is 1. The Morgan fingerprint density at radius 1 is 1.47 bits per heavy atom. The van der Waals surface area contributed by atoms with Crippen molar-refractivity contribution in [1.29, 1.82) is 0 Å². The molecule has 1 aliphatic heterocycles. The highest BCUT2D eigenvalue weighted by Gasteiger charge is 2.30. The minimum atomic E-state index is 0.0278. The quantitative estimate of drug-likeness (QED) is 0.812. The lowest BCUT2D eigenvalue weighted by atomic mass is 10.4. The Hall–Kier alpha value is -1.08. The third kappa shape index (κ3) is 1.93. The Balaban J connectivity index is 2.03. The predicted octanol–water partition coefficient (Wildman–Crippen LogP) is 1.53. The maximum Gasteiger partial charge on any atom is 0.252 e. The van der Waals surface area contributed by atoms with Crippen LogP contribution in [-0.4, -0.2) is 32.3 Å². The number of nitrogens with zero attached hydrogens (tertiary/aromatic N) is 4. The van der Waals surface area contributed by atoms with E-state index in [2.05, 4.69) is 38.6 Å². The molecule has 0 aliphatic carbocycles. The van der Waals surface area contributed by atoms with Crippen LogP contribution in [0.25, 0.3) is 5.65 Å². The lowest BCUT2D eigenvalue weighted by molar-refractivity contribution is -0.117. The van der Waals surface area contributed by atoms with Crippen molar-refractivity contribution in [3.63, 3.8) is 0 Å². The van der Waals surface area contributed by atoms with Crippen molar-refractivity contribution in [1.82, 2.24) is 14.6 Å². The Morgan fingerprint density at radius 3 is 3.00 bits per heavy atom. The van der Waals surface area contributed by atoms with E-state index in [0.717, 1.165) is 10.1 Å². The molecule has 1 saturated heterocycles. The van der Waals surface area contributed by atoms with Crippen LogP contribution in [0.1, 0.15) is 6.42 Å². The van der Waals surface area contributed by atoms with Crippen LogP contribution >= 0.6 is 28.6 Å². The monoisotopic (exact) mass is 312 g/mol. The van der Waals surface area contributed by atoms with Crippen molar-refractivity contribution in [3.05, 3.63) is 22.8 Å². The van der Waals surface area contributed by atoms with Gasteiger partial charge in [0.25, 0.3) is 5.95 Å². The van der Waals surface area contributed by atoms with Crippen molar-refractivity contribution in [2.45, 2.75) is 11.7 Å². The Labute approximate surface area is 111 Å². The fourth-order valence-corrected chi connectivity index (χ4v) is 2.49. The van der Waals surface area contributed by atoms with E-state index in [4.69, 9.17) is 0 Å². The molecule has 0 N–H and O–H groups in total. The van der Waals surface area contributed by atoms with Crippen LogP contribution in [0.5, 0.6) is 0 Å². The number of carbonyl (C=O) groups excluding carboxylic acids is 1. The lowest BCUT2D eigenvalue weighted by Crippen LogP contribution is -2.25. The summed E-state index contributed by atoms with van der Waals surface area (Å²) in [5, 5.41) is 4.36. The molecule has 17 heavy (non-hydrogen) atoms. The van der Waals surface area contributed by atoms with Crippen LogP contribution in [0.4, 0.5) is 5.95 Å². The second-order valence-electron chi connectivity index (χ2n) is 3.92. The number of hydrogen-bond donors (Lipinski definition) is 1. The normalized spacial score (nSPS) is 20.5. The smallest absolute Gasteiger partial charge is 0.252 e. The molecule has 2 aromatic heterocycles. The minimum absolute atomic E-state index is 0.0278. The molecule has 0 bridgehead atoms. The topological polar surface area (TPSA) is 50.5 Å². The summed E-state index contributed by atoms with van der Waals surface area (Å²) in [6.07, 6.45) is 2.26. The zero-order valence-corrected chi connectivity index (χ0v) is 11.2. The number of amides is 1. The van der Waals surface area contributed by atoms with E-state index in [-0.39, 0.29) is 11.2 Å². The largest absolute Gasteiger partial charge is 0.278 e. The first-order chi connectivity index (χ1) is 8.13. The van der Waals surface area contributed by atoms with Crippen LogP contribution in [0.15, 0.2) is 22.8 Å². The second kappa shape index (κ2) is 3.99. The second-order valence-corrected chi connectivity index (χ2v) is 5.57. The summed E-state index contributed by atoms with van der Waals surface area (Å²) in [5.74, 6) is 0.477. The van der Waals surface area contributed by atoms with Crippen molar-refractivity contribution in [2.75, 3.05) is 11.4 Å². The van der Waals surface area contributed by atoms with Gasteiger partial charge in [-0.2, -0.15) is 17.6 Å². The molecular formula is C10H9BrN4OS. The molecule has 7 heteroatoms. The number of halogens is 1. The molecule has 3 heterocycles. The molecule has 1 fully saturated rings. The SMILES string of the molecule is O=C1CC(S)CN1c1nc2ccc(Br)cn2n1. The van der Waals surface area contributed by atoms with Crippen LogP contribution in [0.3, 0.4) is 0 Å². The molecule has 3 rings (SSSR count). The molecule has 1 unspecified atom stereocenters. The van der Waals surface area contributed by atoms with Crippen molar-refractivity contribution in [2.24, 2.45) is 0 Å². The highest BCUT2D eigenvalue weighted by Crippen LogP contribution is 2.22. The molecule has 1 amide bonds. The van der Waals surface area contributed by atoms with Gasteiger partial charge in [0.15, 0.2) is 5.65 Å². The summed E-state index contributed by atoms with van der Waals surface area (Å²) >= 11 is 7.67. The summed E-state index contributed by atoms with van der Waals surface area (Å²) in [4.78, 5) is 17.6. The van der Waals surface area contributed by atoms with Gasteiger partial charge in [-0.3, -0.25) is 9.69 Å². The van der Waals surface area contributed by atoms with E-state index < -0.39 is 0 Å². The molecule has 0 radical (unpaired) electrons. The molecule has 1 aliphatic rings. The van der Waals surface area contributed by atoms with E-state index in [1.165, 1.54) is 0 Å². The van der Waals surface area contributed by atoms with Gasteiger partial charge < -0.3 is 0 Å². The van der Waals surface area contributed by atoms with Gasteiger partial charge in [0, 0.05) is 28.9 Å². The zero-order valence-electron chi connectivity index (χ0n) is 8.75. The first-order valence-corrected chi connectivity index (χ1v) is 6.45. The van der Waals surface area contributed by atoms with Gasteiger partial charge >= 0.3 is 0 Å². The average molecular weight is 313 g/mol. The number of fused-ring (bicyclic) bond motifs is 1. The van der Waals surface area contributed by atoms with Gasteiger partial charge in [-0.05, 0) is 28.1 Å². The third-order valence-electron chi connectivity index (χ3n) is 2.63. The first-order valence-electron chi connectivity index (χ1n) is 5.14. The number of rotatable bonds is 1. The van der Waals surface area contributed by atoms with Crippen LogP contribution in [-0.2, 0) is 4.79 Å². The molecule has 0 saturated carbocycles. The minimum Gasteiger partial charge on any atom is -0.278 e. The van der Waals surface area contributed by atoms with Gasteiger partial charge in [-0.1, -0.05) is 0 Å². The Morgan fingerprint density at radius 2 is 2.29 bits per heavy atom. The third-order valence-corrected chi connectivity index (χ3v) is 3.44. The standard InChI is InChI=1S/C10H9BrN4OS/c11-6-1-2-8-12-10(13-15(8)4-6)14-5-7(17)3-9(14)16/h1-2,4,7,17H,3,5H2. The summed E-state index contributed by atoms with van der Waals surface area (Å²) in [5.41, 5.74) is 0.721. The molecule has 2 aromatic rings. The Kier molecular flexibility index (Phi) is 2.59. The fraction of sp³-hybridized carbons (Fsp3) is 0.300. The van der Waals surface area contributed by atoms with Gasteiger partial charge in [-0.25, -0.2) is 4.52 Å². The van der Waals surface area contributed by atoms with Crippen LogP contribution in [0.2, 0.25) is 0 Å². The molecule has 0 spiro atoms. The maximum absolute atomic E-state index is 11.7. The number of pyridine rings is 1. The zero-order chi connectivity index (χ0) is 12.0. The van der Waals surface area contributed by atoms with E-state index in [9.17, 15) is 4.79 Å². The number of aromatic nitrogens is 3. The lowest BCUT2D eigenvalue weighted by Gasteiger charge is -2.09. The summed E-state index contributed by atoms with van der Waals surface area (Å²) in [6.45, 7) is 0.569. The number of hydrogen-bond acceptors (Lipinski definition) is 4. The summed E-state index contributed by atoms with van der Waals surface area (Å²) in [7, 11) is 0. The molecule has 0 aromatic carbocycles. The highest BCUT2D eigenvalue weighted by atomic mass is 79.9. The van der Waals surface area contributed by atoms with Crippen molar-refractivity contribution < 1.29 is 4.79 Å².